The van der Waals surface area contributed by atoms with Gasteiger partial charge in [0.2, 0.25) is 0 Å². The molecule has 0 aromatic carbocycles. The maximum absolute atomic E-state index is 12.6. The van der Waals surface area contributed by atoms with Gasteiger partial charge in [0, 0.05) is 0 Å². The largest absolute Gasteiger partial charge is 0.462 e. The summed E-state index contributed by atoms with van der Waals surface area (Å²) in [5.74, 6) is 1.62. The lowest BCUT2D eigenvalue weighted by Gasteiger charge is -2.41. The summed E-state index contributed by atoms with van der Waals surface area (Å²) in [5, 5.41) is 10.2. The molecule has 0 aliphatic heterocycles. The second-order valence-electron chi connectivity index (χ2n) is 9.37. The predicted octanol–water partition coefficient (Wildman–Crippen LogP) is 4.57. The third-order valence-corrected chi connectivity index (χ3v) is 7.14. The van der Waals surface area contributed by atoms with E-state index in [1.54, 1.807) is 0 Å². The van der Waals surface area contributed by atoms with Crippen LogP contribution in [0.2, 0.25) is 0 Å². The fourth-order valence-electron chi connectivity index (χ4n) is 4.64. The van der Waals surface area contributed by atoms with Crippen molar-refractivity contribution in [3.05, 3.63) is 0 Å². The first-order valence-corrected chi connectivity index (χ1v) is 9.44. The van der Waals surface area contributed by atoms with Crippen LogP contribution in [-0.4, -0.2) is 23.3 Å². The van der Waals surface area contributed by atoms with Gasteiger partial charge in [-0.2, -0.15) is 0 Å². The number of aliphatic hydroxyl groups is 1. The summed E-state index contributed by atoms with van der Waals surface area (Å²) >= 11 is 0. The Hall–Kier alpha value is -0.570. The van der Waals surface area contributed by atoms with Crippen molar-refractivity contribution in [2.24, 2.45) is 28.6 Å². The smallest absolute Gasteiger partial charge is 0.306 e. The van der Waals surface area contributed by atoms with E-state index in [0.717, 1.165) is 25.7 Å². The Morgan fingerprint density at radius 3 is 2.39 bits per heavy atom. The molecular weight excluding hydrogens is 288 g/mol. The molecule has 3 heteroatoms. The molecule has 0 spiro atoms. The molecule has 2 rings (SSSR count). The highest BCUT2D eigenvalue weighted by molar-refractivity contribution is 5.70. The van der Waals surface area contributed by atoms with Crippen molar-refractivity contribution in [2.75, 3.05) is 0 Å². The van der Waals surface area contributed by atoms with E-state index in [9.17, 15) is 9.90 Å². The molecule has 23 heavy (non-hydrogen) atoms. The van der Waals surface area contributed by atoms with Crippen LogP contribution in [-0.2, 0) is 9.53 Å². The third kappa shape index (κ3) is 3.75. The van der Waals surface area contributed by atoms with Crippen molar-refractivity contribution in [3.8, 4) is 0 Å². The first-order chi connectivity index (χ1) is 10.6. The number of esters is 1. The monoisotopic (exact) mass is 324 g/mol. The summed E-state index contributed by atoms with van der Waals surface area (Å²) in [6.07, 6.45) is 5.26. The first-order valence-electron chi connectivity index (χ1n) is 9.44. The second kappa shape index (κ2) is 6.74. The Morgan fingerprint density at radius 1 is 1.22 bits per heavy atom. The van der Waals surface area contributed by atoms with Crippen molar-refractivity contribution in [3.63, 3.8) is 0 Å². The van der Waals surface area contributed by atoms with Crippen molar-refractivity contribution in [1.29, 1.82) is 0 Å². The van der Waals surface area contributed by atoms with Gasteiger partial charge < -0.3 is 9.84 Å². The Kier molecular flexibility index (Phi) is 5.50. The summed E-state index contributed by atoms with van der Waals surface area (Å²) in [5.41, 5.74) is -0.402. The summed E-state index contributed by atoms with van der Waals surface area (Å²) in [6.45, 7) is 13.0. The number of carbonyl (C=O) groups excluding carboxylic acids is 1. The molecule has 0 aromatic rings. The molecule has 2 aliphatic rings. The topological polar surface area (TPSA) is 46.5 Å². The quantitative estimate of drug-likeness (QED) is 0.771. The Morgan fingerprint density at radius 2 is 1.87 bits per heavy atom. The number of hydrogen-bond donors (Lipinski definition) is 1. The van der Waals surface area contributed by atoms with Crippen LogP contribution in [0.25, 0.3) is 0 Å². The van der Waals surface area contributed by atoms with Gasteiger partial charge in [0.05, 0.1) is 12.5 Å². The highest BCUT2D eigenvalue weighted by Gasteiger charge is 2.52. The second-order valence-corrected chi connectivity index (χ2v) is 9.37. The molecule has 2 saturated carbocycles. The third-order valence-electron chi connectivity index (χ3n) is 7.14. The first kappa shape index (κ1) is 18.8. The van der Waals surface area contributed by atoms with Gasteiger partial charge in [-0.1, -0.05) is 48.0 Å². The van der Waals surface area contributed by atoms with Crippen LogP contribution in [0.15, 0.2) is 0 Å². The van der Waals surface area contributed by atoms with E-state index in [0.29, 0.717) is 24.2 Å². The Bertz CT molecular complexity index is 429. The summed E-state index contributed by atoms with van der Waals surface area (Å²) in [4.78, 5) is 12.6. The van der Waals surface area contributed by atoms with E-state index < -0.39 is 0 Å². The van der Waals surface area contributed by atoms with E-state index >= 15 is 0 Å². The van der Waals surface area contributed by atoms with Crippen molar-refractivity contribution in [2.45, 2.75) is 92.3 Å². The van der Waals surface area contributed by atoms with Crippen LogP contribution < -0.4 is 0 Å². The van der Waals surface area contributed by atoms with E-state index in [2.05, 4.69) is 41.5 Å². The molecule has 1 N–H and O–H groups in total. The van der Waals surface area contributed by atoms with Crippen LogP contribution in [0.4, 0.5) is 0 Å². The Balaban J connectivity index is 2.01. The van der Waals surface area contributed by atoms with Gasteiger partial charge in [0.1, 0.15) is 6.10 Å². The zero-order chi connectivity index (χ0) is 17.4. The Labute approximate surface area is 142 Å². The number of carbonyl (C=O) groups is 1. The average Bonchev–Trinajstić information content (AvgIpc) is 2.62. The SMILES string of the molecule is CC(C)[C@H]1CC[C@H](C)C[C@@H]1OC(=O)CC1(C)CC[C@H](O)C1(C)C. The molecule has 5 atom stereocenters. The van der Waals surface area contributed by atoms with E-state index in [4.69, 9.17) is 4.74 Å². The minimum atomic E-state index is -0.321. The summed E-state index contributed by atoms with van der Waals surface area (Å²) in [7, 11) is 0. The standard InChI is InChI=1S/C20H36O3/c1-13(2)15-8-7-14(3)11-16(15)23-18(22)12-20(6)10-9-17(21)19(20,4)5/h13-17,21H,7-12H2,1-6H3/t14-,15+,16-,17-,20?/m0/s1. The number of hydrogen-bond acceptors (Lipinski definition) is 3. The number of ether oxygens (including phenoxy) is 1. The molecule has 0 heterocycles. The molecule has 0 amide bonds. The van der Waals surface area contributed by atoms with Gasteiger partial charge in [-0.05, 0) is 54.3 Å². The molecule has 1 unspecified atom stereocenters. The maximum Gasteiger partial charge on any atom is 0.306 e. The number of rotatable bonds is 4. The number of aliphatic hydroxyl groups excluding tert-OH is 1. The van der Waals surface area contributed by atoms with Gasteiger partial charge >= 0.3 is 5.97 Å². The van der Waals surface area contributed by atoms with E-state index in [1.165, 1.54) is 6.42 Å². The van der Waals surface area contributed by atoms with E-state index in [-0.39, 0.29) is 29.0 Å². The minimum absolute atomic E-state index is 0.0700. The van der Waals surface area contributed by atoms with Gasteiger partial charge in [-0.25, -0.2) is 0 Å². The lowest BCUT2D eigenvalue weighted by Crippen LogP contribution is -2.41. The summed E-state index contributed by atoms with van der Waals surface area (Å²) < 4.78 is 5.97. The van der Waals surface area contributed by atoms with Gasteiger partial charge in [-0.3, -0.25) is 4.79 Å². The van der Waals surface area contributed by atoms with Crippen LogP contribution in [0.3, 0.4) is 0 Å². The van der Waals surface area contributed by atoms with Crippen LogP contribution >= 0.6 is 0 Å². The normalized spacial score (nSPS) is 40.3. The molecule has 0 radical (unpaired) electrons. The molecule has 0 saturated heterocycles. The lowest BCUT2D eigenvalue weighted by molar-refractivity contribution is -0.160. The van der Waals surface area contributed by atoms with Crippen molar-refractivity contribution < 1.29 is 14.6 Å². The molecule has 134 valence electrons. The van der Waals surface area contributed by atoms with Crippen LogP contribution in [0.1, 0.15) is 80.1 Å². The zero-order valence-corrected chi connectivity index (χ0v) is 15.9. The summed E-state index contributed by atoms with van der Waals surface area (Å²) in [6, 6.07) is 0. The highest BCUT2D eigenvalue weighted by atomic mass is 16.5. The van der Waals surface area contributed by atoms with E-state index in [1.807, 2.05) is 0 Å². The minimum Gasteiger partial charge on any atom is -0.462 e. The van der Waals surface area contributed by atoms with Crippen LogP contribution in [0, 0.1) is 28.6 Å². The zero-order valence-electron chi connectivity index (χ0n) is 15.9. The molecule has 2 fully saturated rings. The molecule has 0 bridgehead atoms. The highest BCUT2D eigenvalue weighted by Crippen LogP contribution is 2.54. The van der Waals surface area contributed by atoms with Gasteiger partial charge in [-0.15, -0.1) is 0 Å². The van der Waals surface area contributed by atoms with Crippen LogP contribution in [0.5, 0.6) is 0 Å². The van der Waals surface area contributed by atoms with Crippen molar-refractivity contribution >= 4 is 5.97 Å². The van der Waals surface area contributed by atoms with Gasteiger partial charge in [0.15, 0.2) is 0 Å². The lowest BCUT2D eigenvalue weighted by atomic mass is 9.66. The predicted molar refractivity (Wildman–Crippen MR) is 93.0 cm³/mol. The fraction of sp³-hybridized carbons (Fsp3) is 0.950. The van der Waals surface area contributed by atoms with Crippen molar-refractivity contribution in [1.82, 2.24) is 0 Å². The average molecular weight is 325 g/mol. The molecule has 2 aliphatic carbocycles. The fourth-order valence-corrected chi connectivity index (χ4v) is 4.64. The molecule has 3 nitrogen and oxygen atoms in total. The molecular formula is C20H36O3. The molecule has 0 aromatic heterocycles. The maximum atomic E-state index is 12.6. The van der Waals surface area contributed by atoms with Gasteiger partial charge in [0.25, 0.3) is 0 Å².